The molecule has 3 aromatic rings. The fraction of sp³-hybridized carbons (Fsp3) is 0.111. The molecule has 2 N–H and O–H groups in total. The molecule has 140 valence electrons. The largest absolute Gasteiger partial charge is 0.351 e. The fourth-order valence-electron chi connectivity index (χ4n) is 2.37. The molecule has 1 aromatic heterocycles. The Morgan fingerprint density at radius 2 is 1.85 bits per heavy atom. The third-order valence-corrected chi connectivity index (χ3v) is 5.21. The van der Waals surface area contributed by atoms with Gasteiger partial charge in [0.15, 0.2) is 0 Å². The molecule has 0 radical (unpaired) electrons. The third-order valence-electron chi connectivity index (χ3n) is 3.71. The molecule has 2 aromatic carbocycles. The van der Waals surface area contributed by atoms with Gasteiger partial charge in [-0.15, -0.1) is 0 Å². The third kappa shape index (κ3) is 4.14. The number of rotatable bonds is 5. The first-order valence-corrected chi connectivity index (χ1v) is 9.37. The molecule has 0 aliphatic carbocycles. The van der Waals surface area contributed by atoms with Crippen LogP contribution in [0.5, 0.6) is 0 Å². The Kier molecular flexibility index (Phi) is 4.95. The van der Waals surface area contributed by atoms with Crippen LogP contribution in [-0.4, -0.2) is 19.5 Å². The van der Waals surface area contributed by atoms with E-state index in [1.54, 1.807) is 19.9 Å². The van der Waals surface area contributed by atoms with Gasteiger partial charge < -0.3 is 9.84 Å². The standard InChI is InChI=1S/C18H16FN3O4S/c1-11-7-8-13(20-18(23)16-9-12(2)21-26-16)10-17(11)27(24,25)22-15-6-4-3-5-14(15)19/h3-10,22H,1-2H3,(H,20,23). The Morgan fingerprint density at radius 3 is 2.52 bits per heavy atom. The summed E-state index contributed by atoms with van der Waals surface area (Å²) in [6, 6.07) is 11.3. The number of benzene rings is 2. The number of carbonyl (C=O) groups excluding carboxylic acids is 1. The van der Waals surface area contributed by atoms with Crippen LogP contribution >= 0.6 is 0 Å². The molecule has 1 amide bonds. The predicted octanol–water partition coefficient (Wildman–Crippen LogP) is 3.48. The van der Waals surface area contributed by atoms with Crippen molar-refractivity contribution < 1.29 is 22.1 Å². The van der Waals surface area contributed by atoms with Gasteiger partial charge in [0, 0.05) is 11.8 Å². The van der Waals surface area contributed by atoms with Gasteiger partial charge in [0.1, 0.15) is 5.82 Å². The smallest absolute Gasteiger partial charge is 0.294 e. The molecule has 9 heteroatoms. The Hall–Kier alpha value is -3.20. The van der Waals surface area contributed by atoms with E-state index < -0.39 is 21.7 Å². The molecule has 3 rings (SSSR count). The van der Waals surface area contributed by atoms with Crippen molar-refractivity contribution in [1.29, 1.82) is 0 Å². The van der Waals surface area contributed by atoms with Gasteiger partial charge in [-0.3, -0.25) is 9.52 Å². The summed E-state index contributed by atoms with van der Waals surface area (Å²) >= 11 is 0. The number of hydrogen-bond acceptors (Lipinski definition) is 5. The zero-order valence-electron chi connectivity index (χ0n) is 14.5. The van der Waals surface area contributed by atoms with Crippen LogP contribution in [0.1, 0.15) is 21.8 Å². The van der Waals surface area contributed by atoms with E-state index in [2.05, 4.69) is 15.2 Å². The van der Waals surface area contributed by atoms with E-state index in [1.165, 1.54) is 36.4 Å². The van der Waals surface area contributed by atoms with E-state index in [-0.39, 0.29) is 22.0 Å². The van der Waals surface area contributed by atoms with Crippen molar-refractivity contribution in [3.05, 3.63) is 71.4 Å². The number of hydrogen-bond donors (Lipinski definition) is 2. The summed E-state index contributed by atoms with van der Waals surface area (Å²) < 4.78 is 46.2. The maximum atomic E-state index is 13.8. The molecule has 0 spiro atoms. The molecule has 1 heterocycles. The minimum atomic E-state index is -4.06. The van der Waals surface area contributed by atoms with Gasteiger partial charge in [-0.25, -0.2) is 12.8 Å². The summed E-state index contributed by atoms with van der Waals surface area (Å²) in [6.07, 6.45) is 0. The van der Waals surface area contributed by atoms with Gasteiger partial charge >= 0.3 is 0 Å². The van der Waals surface area contributed by atoms with Crippen LogP contribution in [0, 0.1) is 19.7 Å². The van der Waals surface area contributed by atoms with Crippen molar-refractivity contribution >= 4 is 27.3 Å². The van der Waals surface area contributed by atoms with Gasteiger partial charge in [0.25, 0.3) is 15.9 Å². The Bertz CT molecular complexity index is 1110. The number of anilines is 2. The Labute approximate surface area is 155 Å². The number of para-hydroxylation sites is 1. The van der Waals surface area contributed by atoms with Crippen LogP contribution in [-0.2, 0) is 10.0 Å². The van der Waals surface area contributed by atoms with E-state index in [1.807, 2.05) is 0 Å². The molecule has 0 unspecified atom stereocenters. The number of aryl methyl sites for hydroxylation is 2. The normalized spacial score (nSPS) is 11.2. The summed E-state index contributed by atoms with van der Waals surface area (Å²) in [6.45, 7) is 3.27. The highest BCUT2D eigenvalue weighted by Crippen LogP contribution is 2.24. The highest BCUT2D eigenvalue weighted by Gasteiger charge is 2.20. The van der Waals surface area contributed by atoms with Gasteiger partial charge in [0.2, 0.25) is 5.76 Å². The van der Waals surface area contributed by atoms with Crippen molar-refractivity contribution in [2.24, 2.45) is 0 Å². The monoisotopic (exact) mass is 389 g/mol. The predicted molar refractivity (Wildman–Crippen MR) is 97.6 cm³/mol. The minimum absolute atomic E-state index is 0.00182. The summed E-state index contributed by atoms with van der Waals surface area (Å²) in [4.78, 5) is 12.1. The first-order valence-electron chi connectivity index (χ1n) is 7.89. The lowest BCUT2D eigenvalue weighted by atomic mass is 10.2. The Morgan fingerprint density at radius 1 is 1.11 bits per heavy atom. The van der Waals surface area contributed by atoms with Gasteiger partial charge in [0.05, 0.1) is 16.3 Å². The molecular formula is C18H16FN3O4S. The summed E-state index contributed by atoms with van der Waals surface area (Å²) in [7, 11) is -4.06. The van der Waals surface area contributed by atoms with Crippen molar-refractivity contribution in [1.82, 2.24) is 5.16 Å². The lowest BCUT2D eigenvalue weighted by Crippen LogP contribution is -2.16. The average molecular weight is 389 g/mol. The summed E-state index contributed by atoms with van der Waals surface area (Å²) in [5.74, 6) is -1.25. The van der Waals surface area contributed by atoms with Crippen molar-refractivity contribution in [3.8, 4) is 0 Å². The first kappa shape index (κ1) is 18.6. The summed E-state index contributed by atoms with van der Waals surface area (Å²) in [5, 5.41) is 6.18. The number of carbonyl (C=O) groups is 1. The van der Waals surface area contributed by atoms with E-state index in [0.29, 0.717) is 11.3 Å². The maximum Gasteiger partial charge on any atom is 0.294 e. The zero-order chi connectivity index (χ0) is 19.6. The summed E-state index contributed by atoms with van der Waals surface area (Å²) in [5.41, 5.74) is 1.06. The number of aromatic nitrogens is 1. The Balaban J connectivity index is 1.88. The maximum absolute atomic E-state index is 13.8. The van der Waals surface area contributed by atoms with E-state index >= 15 is 0 Å². The number of amides is 1. The molecule has 0 saturated heterocycles. The SMILES string of the molecule is Cc1cc(C(=O)Nc2ccc(C)c(S(=O)(=O)Nc3ccccc3F)c2)on1. The minimum Gasteiger partial charge on any atom is -0.351 e. The topological polar surface area (TPSA) is 101 Å². The number of halogens is 1. The van der Waals surface area contributed by atoms with Crippen LogP contribution in [0.15, 0.2) is 57.9 Å². The molecule has 0 fully saturated rings. The molecule has 0 saturated carbocycles. The van der Waals surface area contributed by atoms with Crippen LogP contribution in [0.4, 0.5) is 15.8 Å². The average Bonchev–Trinajstić information content (AvgIpc) is 3.05. The second kappa shape index (κ2) is 7.20. The highest BCUT2D eigenvalue weighted by atomic mass is 32.2. The number of sulfonamides is 1. The molecular weight excluding hydrogens is 373 g/mol. The quantitative estimate of drug-likeness (QED) is 0.696. The number of nitrogens with one attached hydrogen (secondary N) is 2. The first-order chi connectivity index (χ1) is 12.8. The highest BCUT2D eigenvalue weighted by molar-refractivity contribution is 7.92. The lowest BCUT2D eigenvalue weighted by molar-refractivity contribution is 0.0988. The van der Waals surface area contributed by atoms with Crippen LogP contribution in [0.3, 0.4) is 0 Å². The molecule has 0 aliphatic heterocycles. The van der Waals surface area contributed by atoms with Crippen molar-refractivity contribution in [2.75, 3.05) is 10.0 Å². The molecule has 7 nitrogen and oxygen atoms in total. The van der Waals surface area contributed by atoms with Crippen molar-refractivity contribution in [2.45, 2.75) is 18.7 Å². The second-order valence-corrected chi connectivity index (χ2v) is 7.50. The van der Waals surface area contributed by atoms with Gasteiger partial charge in [-0.05, 0) is 43.7 Å². The zero-order valence-corrected chi connectivity index (χ0v) is 15.3. The van der Waals surface area contributed by atoms with Crippen molar-refractivity contribution in [3.63, 3.8) is 0 Å². The lowest BCUT2D eigenvalue weighted by Gasteiger charge is -2.12. The molecule has 27 heavy (non-hydrogen) atoms. The molecule has 0 atom stereocenters. The number of nitrogens with zero attached hydrogens (tertiary/aromatic N) is 1. The van der Waals surface area contributed by atoms with Gasteiger partial charge in [-0.1, -0.05) is 23.4 Å². The van der Waals surface area contributed by atoms with Gasteiger partial charge in [-0.2, -0.15) is 0 Å². The van der Waals surface area contributed by atoms with E-state index in [9.17, 15) is 17.6 Å². The van der Waals surface area contributed by atoms with E-state index in [4.69, 9.17) is 4.52 Å². The molecule has 0 aliphatic rings. The van der Waals surface area contributed by atoms with Crippen LogP contribution in [0.25, 0.3) is 0 Å². The molecule has 0 bridgehead atoms. The fourth-order valence-corrected chi connectivity index (χ4v) is 3.71. The van der Waals surface area contributed by atoms with E-state index in [0.717, 1.165) is 6.07 Å². The second-order valence-electron chi connectivity index (χ2n) is 5.85. The van der Waals surface area contributed by atoms with Crippen LogP contribution < -0.4 is 10.0 Å². The van der Waals surface area contributed by atoms with Crippen LogP contribution in [0.2, 0.25) is 0 Å².